The van der Waals surface area contributed by atoms with Crippen LogP contribution in [-0.2, 0) is 13.0 Å². The summed E-state index contributed by atoms with van der Waals surface area (Å²) < 4.78 is 0. The van der Waals surface area contributed by atoms with Crippen LogP contribution in [0.1, 0.15) is 44.2 Å². The minimum absolute atomic E-state index is 0.611. The zero-order valence-electron chi connectivity index (χ0n) is 11.1. The molecule has 0 saturated heterocycles. The highest BCUT2D eigenvalue weighted by Gasteiger charge is 2.12. The first-order valence-electron chi connectivity index (χ1n) is 6.89. The Balaban J connectivity index is 2.01. The average Bonchev–Trinajstić information content (AvgIpc) is 2.36. The Morgan fingerprint density at radius 1 is 1.41 bits per heavy atom. The molecule has 1 aliphatic rings. The van der Waals surface area contributed by atoms with E-state index in [-0.39, 0.29) is 0 Å². The Kier molecular flexibility index (Phi) is 4.43. The van der Waals surface area contributed by atoms with Gasteiger partial charge in [0.15, 0.2) is 0 Å². The summed E-state index contributed by atoms with van der Waals surface area (Å²) in [6.45, 7) is 6.61. The molecular formula is C15H24N2. The van der Waals surface area contributed by atoms with E-state index in [9.17, 15) is 0 Å². The van der Waals surface area contributed by atoms with Crippen molar-refractivity contribution < 1.29 is 0 Å². The number of benzene rings is 1. The smallest absolute Gasteiger partial charge is 0.0418 e. The lowest BCUT2D eigenvalue weighted by Crippen LogP contribution is -2.26. The third kappa shape index (κ3) is 3.22. The summed E-state index contributed by atoms with van der Waals surface area (Å²) in [5, 5.41) is 7.16. The van der Waals surface area contributed by atoms with Gasteiger partial charge in [-0.15, -0.1) is 0 Å². The second kappa shape index (κ2) is 6.06. The van der Waals surface area contributed by atoms with E-state index < -0.39 is 0 Å². The molecule has 1 atom stereocenters. The molecule has 2 N–H and O–H groups in total. The van der Waals surface area contributed by atoms with Crippen molar-refractivity contribution >= 4 is 5.69 Å². The summed E-state index contributed by atoms with van der Waals surface area (Å²) in [4.78, 5) is 0. The number of hydrogen-bond donors (Lipinski definition) is 2. The fourth-order valence-electron chi connectivity index (χ4n) is 2.55. The Bertz CT molecular complexity index is 360. The Labute approximate surface area is 105 Å². The van der Waals surface area contributed by atoms with Crippen molar-refractivity contribution in [1.82, 2.24) is 5.32 Å². The van der Waals surface area contributed by atoms with Crippen LogP contribution in [0.3, 0.4) is 0 Å². The molecule has 2 rings (SSSR count). The molecule has 0 amide bonds. The van der Waals surface area contributed by atoms with Crippen LogP contribution in [0, 0.1) is 0 Å². The van der Waals surface area contributed by atoms with Crippen LogP contribution in [0.15, 0.2) is 18.2 Å². The van der Waals surface area contributed by atoms with Crippen molar-refractivity contribution in [2.75, 3.05) is 11.9 Å². The zero-order valence-corrected chi connectivity index (χ0v) is 11.1. The van der Waals surface area contributed by atoms with Crippen LogP contribution in [0.5, 0.6) is 0 Å². The molecule has 0 saturated carbocycles. The summed E-state index contributed by atoms with van der Waals surface area (Å²) in [6.07, 6.45) is 4.98. The van der Waals surface area contributed by atoms with Crippen LogP contribution < -0.4 is 10.6 Å². The quantitative estimate of drug-likeness (QED) is 0.813. The topological polar surface area (TPSA) is 24.1 Å². The van der Waals surface area contributed by atoms with E-state index in [2.05, 4.69) is 42.7 Å². The predicted octanol–water partition coefficient (Wildman–Crippen LogP) is 3.32. The standard InChI is InChI=1S/C15H24N2/c1-3-6-12(2)17-11-14-8-4-7-13-9-5-10-16-15(13)14/h4,7-8,12,16-17H,3,5-6,9-11H2,1-2H3. The maximum Gasteiger partial charge on any atom is 0.0418 e. The van der Waals surface area contributed by atoms with Gasteiger partial charge in [0.1, 0.15) is 0 Å². The molecule has 2 nitrogen and oxygen atoms in total. The van der Waals surface area contributed by atoms with Gasteiger partial charge in [-0.05, 0) is 37.3 Å². The molecule has 17 heavy (non-hydrogen) atoms. The van der Waals surface area contributed by atoms with E-state index in [0.29, 0.717) is 6.04 Å². The van der Waals surface area contributed by atoms with E-state index >= 15 is 0 Å². The molecule has 1 unspecified atom stereocenters. The van der Waals surface area contributed by atoms with Gasteiger partial charge in [0.25, 0.3) is 0 Å². The van der Waals surface area contributed by atoms with E-state index in [1.807, 2.05) is 0 Å². The van der Waals surface area contributed by atoms with Crippen molar-refractivity contribution in [1.29, 1.82) is 0 Å². The first-order valence-corrected chi connectivity index (χ1v) is 6.89. The Morgan fingerprint density at radius 3 is 3.12 bits per heavy atom. The first kappa shape index (κ1) is 12.4. The summed E-state index contributed by atoms with van der Waals surface area (Å²) in [7, 11) is 0. The SMILES string of the molecule is CCCC(C)NCc1cccc2c1NCCC2. The number of rotatable bonds is 5. The highest BCUT2D eigenvalue weighted by molar-refractivity contribution is 5.59. The van der Waals surface area contributed by atoms with Gasteiger partial charge in [0, 0.05) is 24.8 Å². The summed E-state index contributed by atoms with van der Waals surface area (Å²) in [5.41, 5.74) is 4.29. The molecular weight excluding hydrogens is 208 g/mol. The summed E-state index contributed by atoms with van der Waals surface area (Å²) >= 11 is 0. The number of hydrogen-bond acceptors (Lipinski definition) is 2. The van der Waals surface area contributed by atoms with Crippen LogP contribution in [-0.4, -0.2) is 12.6 Å². The van der Waals surface area contributed by atoms with E-state index in [1.165, 1.54) is 42.5 Å². The number of aryl methyl sites for hydroxylation is 1. The van der Waals surface area contributed by atoms with Crippen molar-refractivity contribution in [3.05, 3.63) is 29.3 Å². The van der Waals surface area contributed by atoms with Crippen molar-refractivity contribution in [3.63, 3.8) is 0 Å². The molecule has 94 valence electrons. The Hall–Kier alpha value is -1.02. The maximum absolute atomic E-state index is 3.61. The molecule has 1 heterocycles. The summed E-state index contributed by atoms with van der Waals surface area (Å²) in [5.74, 6) is 0. The monoisotopic (exact) mass is 232 g/mol. The van der Waals surface area contributed by atoms with Crippen LogP contribution >= 0.6 is 0 Å². The minimum atomic E-state index is 0.611. The molecule has 1 aromatic carbocycles. The molecule has 0 bridgehead atoms. The highest BCUT2D eigenvalue weighted by atomic mass is 14.9. The lowest BCUT2D eigenvalue weighted by Gasteiger charge is -2.22. The second-order valence-corrected chi connectivity index (χ2v) is 5.05. The lowest BCUT2D eigenvalue weighted by atomic mass is 9.99. The molecule has 1 aromatic rings. The van der Waals surface area contributed by atoms with E-state index in [1.54, 1.807) is 0 Å². The molecule has 1 aliphatic heterocycles. The molecule has 0 fully saturated rings. The third-order valence-electron chi connectivity index (χ3n) is 3.52. The fraction of sp³-hybridized carbons (Fsp3) is 0.600. The van der Waals surface area contributed by atoms with Crippen molar-refractivity contribution in [2.24, 2.45) is 0 Å². The van der Waals surface area contributed by atoms with Crippen LogP contribution in [0.2, 0.25) is 0 Å². The van der Waals surface area contributed by atoms with Gasteiger partial charge >= 0.3 is 0 Å². The summed E-state index contributed by atoms with van der Waals surface area (Å²) in [6, 6.07) is 7.29. The van der Waals surface area contributed by atoms with Gasteiger partial charge in [0.05, 0.1) is 0 Å². The van der Waals surface area contributed by atoms with Crippen LogP contribution in [0.25, 0.3) is 0 Å². The zero-order chi connectivity index (χ0) is 12.1. The molecule has 2 heteroatoms. The largest absolute Gasteiger partial charge is 0.385 e. The van der Waals surface area contributed by atoms with Crippen molar-refractivity contribution in [2.45, 2.75) is 52.1 Å². The number of fused-ring (bicyclic) bond motifs is 1. The minimum Gasteiger partial charge on any atom is -0.385 e. The van der Waals surface area contributed by atoms with Crippen molar-refractivity contribution in [3.8, 4) is 0 Å². The van der Waals surface area contributed by atoms with Crippen LogP contribution in [0.4, 0.5) is 5.69 Å². The van der Waals surface area contributed by atoms with Gasteiger partial charge in [-0.2, -0.15) is 0 Å². The average molecular weight is 232 g/mol. The van der Waals surface area contributed by atoms with Gasteiger partial charge in [-0.1, -0.05) is 31.5 Å². The fourth-order valence-corrected chi connectivity index (χ4v) is 2.55. The van der Waals surface area contributed by atoms with Gasteiger partial charge in [0.2, 0.25) is 0 Å². The maximum atomic E-state index is 3.61. The third-order valence-corrected chi connectivity index (χ3v) is 3.52. The van der Waals surface area contributed by atoms with Gasteiger partial charge in [-0.25, -0.2) is 0 Å². The second-order valence-electron chi connectivity index (χ2n) is 5.05. The van der Waals surface area contributed by atoms with Gasteiger partial charge in [-0.3, -0.25) is 0 Å². The Morgan fingerprint density at radius 2 is 2.29 bits per heavy atom. The van der Waals surface area contributed by atoms with E-state index in [0.717, 1.165) is 13.1 Å². The van der Waals surface area contributed by atoms with Gasteiger partial charge < -0.3 is 10.6 Å². The van der Waals surface area contributed by atoms with E-state index in [4.69, 9.17) is 0 Å². The lowest BCUT2D eigenvalue weighted by molar-refractivity contribution is 0.508. The predicted molar refractivity (Wildman–Crippen MR) is 74.5 cm³/mol. The molecule has 0 spiro atoms. The molecule has 0 radical (unpaired) electrons. The molecule has 0 aromatic heterocycles. The number of nitrogens with one attached hydrogen (secondary N) is 2. The number of para-hydroxylation sites is 1. The number of anilines is 1. The highest BCUT2D eigenvalue weighted by Crippen LogP contribution is 2.25. The molecule has 0 aliphatic carbocycles. The first-order chi connectivity index (χ1) is 8.31. The normalized spacial score (nSPS) is 16.1.